The van der Waals surface area contributed by atoms with E-state index in [1.807, 2.05) is 0 Å². The van der Waals surface area contributed by atoms with Crippen LogP contribution in [0, 0.1) is 5.92 Å². The summed E-state index contributed by atoms with van der Waals surface area (Å²) in [4.78, 5) is 0. The Morgan fingerprint density at radius 3 is 2.42 bits per heavy atom. The van der Waals surface area contributed by atoms with Crippen LogP contribution >= 0.6 is 23.5 Å². The van der Waals surface area contributed by atoms with E-state index in [9.17, 15) is 0 Å². The van der Waals surface area contributed by atoms with Gasteiger partial charge < -0.3 is 5.73 Å². The lowest BCUT2D eigenvalue weighted by atomic mass is 10.0. The summed E-state index contributed by atoms with van der Waals surface area (Å²) in [5, 5.41) is 0. The predicted molar refractivity (Wildman–Crippen MR) is 60.8 cm³/mol. The number of nitrogens with two attached hydrogens (primary N) is 1. The summed E-state index contributed by atoms with van der Waals surface area (Å²) in [5.74, 6) is 3.38. The van der Waals surface area contributed by atoms with E-state index in [2.05, 4.69) is 37.4 Å². The van der Waals surface area contributed by atoms with Gasteiger partial charge in [-0.2, -0.15) is 0 Å². The maximum Gasteiger partial charge on any atom is 0.0545 e. The van der Waals surface area contributed by atoms with Gasteiger partial charge in [0, 0.05) is 6.04 Å². The molecule has 0 bridgehead atoms. The molecule has 1 aliphatic heterocycles. The van der Waals surface area contributed by atoms with Crippen LogP contribution in [0.5, 0.6) is 0 Å². The van der Waals surface area contributed by atoms with Crippen molar-refractivity contribution in [3.8, 4) is 0 Å². The van der Waals surface area contributed by atoms with Gasteiger partial charge in [-0.25, -0.2) is 0 Å². The first-order chi connectivity index (χ1) is 5.75. The van der Waals surface area contributed by atoms with Crippen LogP contribution in [0.3, 0.4) is 0 Å². The molecule has 1 nitrogen and oxygen atoms in total. The summed E-state index contributed by atoms with van der Waals surface area (Å²) in [6.45, 7) is 4.40. The van der Waals surface area contributed by atoms with Gasteiger partial charge in [-0.05, 0) is 37.2 Å². The van der Waals surface area contributed by atoms with E-state index in [-0.39, 0.29) is 0 Å². The van der Waals surface area contributed by atoms with Gasteiger partial charge >= 0.3 is 0 Å². The summed E-state index contributed by atoms with van der Waals surface area (Å²) in [7, 11) is 0. The maximum atomic E-state index is 5.95. The molecule has 1 saturated heterocycles. The van der Waals surface area contributed by atoms with Crippen LogP contribution in [0.15, 0.2) is 0 Å². The van der Waals surface area contributed by atoms with Crippen LogP contribution in [0.25, 0.3) is 0 Å². The Morgan fingerprint density at radius 2 is 2.00 bits per heavy atom. The summed E-state index contributed by atoms with van der Waals surface area (Å²) in [6, 6.07) is 0.359. The Balaban J connectivity index is 2.40. The summed E-state index contributed by atoms with van der Waals surface area (Å²) < 4.78 is 0.767. The molecule has 1 fully saturated rings. The fraction of sp³-hybridized carbons (Fsp3) is 1.00. The minimum absolute atomic E-state index is 0.359. The van der Waals surface area contributed by atoms with E-state index in [4.69, 9.17) is 5.73 Å². The van der Waals surface area contributed by atoms with Crippen LogP contribution < -0.4 is 5.73 Å². The quantitative estimate of drug-likeness (QED) is 0.767. The van der Waals surface area contributed by atoms with Gasteiger partial charge in [0.15, 0.2) is 0 Å². The smallest absolute Gasteiger partial charge is 0.0545 e. The molecule has 2 N–H and O–H groups in total. The van der Waals surface area contributed by atoms with E-state index in [0.717, 1.165) is 4.58 Å². The number of thioether (sulfide) groups is 2. The monoisotopic (exact) mass is 205 g/mol. The van der Waals surface area contributed by atoms with Crippen LogP contribution in [0.2, 0.25) is 0 Å². The number of hydrogen-bond donors (Lipinski definition) is 1. The largest absolute Gasteiger partial charge is 0.328 e. The lowest BCUT2D eigenvalue weighted by Gasteiger charge is -2.30. The van der Waals surface area contributed by atoms with Crippen molar-refractivity contribution < 1.29 is 0 Å². The Labute approximate surface area is 84.2 Å². The van der Waals surface area contributed by atoms with Crippen molar-refractivity contribution >= 4 is 23.5 Å². The molecule has 0 spiro atoms. The Bertz CT molecular complexity index is 122. The van der Waals surface area contributed by atoms with Crippen LogP contribution in [0.1, 0.15) is 26.7 Å². The number of rotatable bonds is 3. The van der Waals surface area contributed by atoms with Gasteiger partial charge in [0.25, 0.3) is 0 Å². The predicted octanol–water partition coefficient (Wildman–Crippen LogP) is 2.56. The minimum atomic E-state index is 0.359. The SMILES string of the molecule is CCC(C(C)N)C1SCCCS1. The number of hydrogen-bond acceptors (Lipinski definition) is 3. The van der Waals surface area contributed by atoms with E-state index >= 15 is 0 Å². The molecule has 2 atom stereocenters. The third-order valence-corrected chi connectivity index (χ3v) is 5.57. The molecule has 0 aromatic heterocycles. The molecule has 3 heteroatoms. The first kappa shape index (κ1) is 10.7. The van der Waals surface area contributed by atoms with Crippen molar-refractivity contribution in [1.82, 2.24) is 0 Å². The Hall–Kier alpha value is 0.660. The van der Waals surface area contributed by atoms with Crippen molar-refractivity contribution in [3.05, 3.63) is 0 Å². The van der Waals surface area contributed by atoms with E-state index in [1.54, 1.807) is 0 Å². The zero-order valence-electron chi connectivity index (χ0n) is 7.95. The van der Waals surface area contributed by atoms with Crippen LogP contribution in [-0.4, -0.2) is 22.1 Å². The van der Waals surface area contributed by atoms with Crippen molar-refractivity contribution in [1.29, 1.82) is 0 Å². The fourth-order valence-electron chi connectivity index (χ4n) is 1.57. The van der Waals surface area contributed by atoms with Crippen molar-refractivity contribution in [2.45, 2.75) is 37.3 Å². The van der Waals surface area contributed by atoms with E-state index in [0.29, 0.717) is 12.0 Å². The van der Waals surface area contributed by atoms with Gasteiger partial charge in [-0.1, -0.05) is 6.92 Å². The van der Waals surface area contributed by atoms with Gasteiger partial charge in [0.1, 0.15) is 0 Å². The Morgan fingerprint density at radius 1 is 1.42 bits per heavy atom. The van der Waals surface area contributed by atoms with Gasteiger partial charge in [0.05, 0.1) is 4.58 Å². The highest BCUT2D eigenvalue weighted by molar-refractivity contribution is 8.17. The third-order valence-electron chi connectivity index (χ3n) is 2.35. The van der Waals surface area contributed by atoms with Crippen LogP contribution in [0.4, 0.5) is 0 Å². The molecule has 0 amide bonds. The first-order valence-electron chi connectivity index (χ1n) is 4.74. The van der Waals surface area contributed by atoms with Crippen molar-refractivity contribution in [2.24, 2.45) is 11.7 Å². The summed E-state index contributed by atoms with van der Waals surface area (Å²) in [6.07, 6.45) is 2.60. The second kappa shape index (κ2) is 5.40. The maximum absolute atomic E-state index is 5.95. The standard InChI is InChI=1S/C9H19NS2/c1-3-8(7(2)10)9-11-5-4-6-12-9/h7-9H,3-6,10H2,1-2H3. The van der Waals surface area contributed by atoms with Crippen molar-refractivity contribution in [3.63, 3.8) is 0 Å². The van der Waals surface area contributed by atoms with Crippen LogP contribution in [-0.2, 0) is 0 Å². The lowest BCUT2D eigenvalue weighted by molar-refractivity contribution is 0.462. The molecule has 0 aromatic carbocycles. The molecule has 0 aromatic rings. The molecule has 0 saturated carbocycles. The second-order valence-electron chi connectivity index (χ2n) is 3.39. The normalized spacial score (nSPS) is 25.2. The molecule has 12 heavy (non-hydrogen) atoms. The minimum Gasteiger partial charge on any atom is -0.328 e. The molecule has 1 rings (SSSR count). The topological polar surface area (TPSA) is 26.0 Å². The van der Waals surface area contributed by atoms with Gasteiger partial charge in [0.2, 0.25) is 0 Å². The van der Waals surface area contributed by atoms with Gasteiger partial charge in [-0.3, -0.25) is 0 Å². The molecular formula is C9H19NS2. The van der Waals surface area contributed by atoms with E-state index in [1.165, 1.54) is 24.3 Å². The first-order valence-corrected chi connectivity index (χ1v) is 6.84. The molecular weight excluding hydrogens is 186 g/mol. The zero-order valence-corrected chi connectivity index (χ0v) is 9.59. The molecule has 72 valence electrons. The second-order valence-corrected chi connectivity index (χ2v) is 6.19. The Kier molecular flexibility index (Phi) is 4.84. The molecule has 0 aliphatic carbocycles. The fourth-order valence-corrected chi connectivity index (χ4v) is 5.17. The van der Waals surface area contributed by atoms with Gasteiger partial charge in [-0.15, -0.1) is 23.5 Å². The zero-order chi connectivity index (χ0) is 8.97. The van der Waals surface area contributed by atoms with E-state index < -0.39 is 0 Å². The highest BCUT2D eigenvalue weighted by Gasteiger charge is 2.25. The highest BCUT2D eigenvalue weighted by atomic mass is 32.2. The molecule has 0 radical (unpaired) electrons. The lowest BCUT2D eigenvalue weighted by Crippen LogP contribution is -2.33. The van der Waals surface area contributed by atoms with Crippen molar-refractivity contribution in [2.75, 3.05) is 11.5 Å². The third kappa shape index (κ3) is 2.86. The summed E-state index contributed by atoms with van der Waals surface area (Å²) in [5.41, 5.74) is 5.95. The highest BCUT2D eigenvalue weighted by Crippen LogP contribution is 2.38. The average molecular weight is 205 g/mol. The molecule has 1 heterocycles. The molecule has 2 unspecified atom stereocenters. The molecule has 1 aliphatic rings. The summed E-state index contributed by atoms with van der Waals surface area (Å²) >= 11 is 4.21. The average Bonchev–Trinajstić information content (AvgIpc) is 2.07.